The standard InChI is InChI=1S/C22H26N4O2S2/c1-4-5-16-19-20(26(2)3)24-22(23-17-12-8-6-9-13-17)29-21(19)25-30(27,28)18-14-10-7-11-15-18/h6-15H,4-5,16H2,1-3H3,(H,23,24)/b25-21+. The number of hydrogen-bond acceptors (Lipinski definition) is 6. The quantitative estimate of drug-likeness (QED) is 0.552. The maximum absolute atomic E-state index is 13.0. The Bertz CT molecular complexity index is 1140. The van der Waals surface area contributed by atoms with Crippen molar-refractivity contribution in [2.45, 2.75) is 31.1 Å². The van der Waals surface area contributed by atoms with Crippen LogP contribution in [0.1, 0.15) is 25.3 Å². The predicted molar refractivity (Wildman–Crippen MR) is 124 cm³/mol. The number of hydrogen-bond donors (Lipinski definition) is 1. The normalized spacial score (nSPS) is 12.0. The first-order chi connectivity index (χ1) is 14.4. The molecule has 2 aromatic carbocycles. The monoisotopic (exact) mass is 442 g/mol. The predicted octanol–water partition coefficient (Wildman–Crippen LogP) is 4.58. The highest BCUT2D eigenvalue weighted by atomic mass is 32.2. The van der Waals surface area contributed by atoms with Gasteiger partial charge in [0.1, 0.15) is 10.5 Å². The van der Waals surface area contributed by atoms with Gasteiger partial charge in [-0.05, 0) is 37.1 Å². The summed E-state index contributed by atoms with van der Waals surface area (Å²) in [6.45, 7) is 2.11. The Hall–Kier alpha value is -2.71. The fourth-order valence-corrected chi connectivity index (χ4v) is 5.08. The van der Waals surface area contributed by atoms with Crippen LogP contribution < -0.4 is 14.9 Å². The lowest BCUT2D eigenvalue weighted by Crippen LogP contribution is -2.21. The van der Waals surface area contributed by atoms with Gasteiger partial charge in [0, 0.05) is 25.3 Å². The number of unbranched alkanes of at least 4 members (excludes halogenated alkanes) is 1. The molecule has 0 saturated heterocycles. The number of sulfonamides is 1. The minimum Gasteiger partial charge on any atom is -0.362 e. The van der Waals surface area contributed by atoms with Crippen molar-refractivity contribution in [3.63, 3.8) is 0 Å². The van der Waals surface area contributed by atoms with E-state index in [4.69, 9.17) is 4.98 Å². The maximum Gasteiger partial charge on any atom is 0.283 e. The van der Waals surface area contributed by atoms with Crippen LogP contribution in [0.3, 0.4) is 0 Å². The summed E-state index contributed by atoms with van der Waals surface area (Å²) in [5.74, 6) is 0.725. The minimum absolute atomic E-state index is 0.180. The molecule has 0 radical (unpaired) electrons. The van der Waals surface area contributed by atoms with E-state index in [-0.39, 0.29) is 4.90 Å². The molecule has 1 heterocycles. The summed E-state index contributed by atoms with van der Waals surface area (Å²) in [5, 5.41) is 3.86. The van der Waals surface area contributed by atoms with Gasteiger partial charge in [0.25, 0.3) is 10.0 Å². The number of rotatable bonds is 8. The molecule has 0 spiro atoms. The molecule has 1 N–H and O–H groups in total. The van der Waals surface area contributed by atoms with E-state index < -0.39 is 10.0 Å². The molecule has 8 heteroatoms. The Labute approximate surface area is 182 Å². The molecule has 1 aromatic heterocycles. The average molecular weight is 443 g/mol. The van der Waals surface area contributed by atoms with E-state index >= 15 is 0 Å². The van der Waals surface area contributed by atoms with Crippen LogP contribution in [-0.4, -0.2) is 27.5 Å². The fourth-order valence-electron chi connectivity index (χ4n) is 2.90. The first-order valence-electron chi connectivity index (χ1n) is 9.80. The smallest absolute Gasteiger partial charge is 0.283 e. The molecule has 158 valence electrons. The van der Waals surface area contributed by atoms with E-state index in [1.807, 2.05) is 49.3 Å². The summed E-state index contributed by atoms with van der Waals surface area (Å²) >= 11 is 1.25. The SMILES string of the molecule is CCCCc1c(N(C)C)nc(Nc2ccccc2)s/c1=N/S(=O)(=O)c1ccccc1. The van der Waals surface area contributed by atoms with Gasteiger partial charge in [-0.3, -0.25) is 0 Å². The highest BCUT2D eigenvalue weighted by Gasteiger charge is 2.17. The Morgan fingerprint density at radius 2 is 1.67 bits per heavy atom. The van der Waals surface area contributed by atoms with Crippen molar-refractivity contribution in [2.24, 2.45) is 4.40 Å². The molecule has 6 nitrogen and oxygen atoms in total. The highest BCUT2D eigenvalue weighted by molar-refractivity contribution is 7.90. The molecule has 0 saturated carbocycles. The number of nitrogens with zero attached hydrogens (tertiary/aromatic N) is 3. The molecule has 0 atom stereocenters. The first kappa shape index (κ1) is 22.0. The molecule has 0 aliphatic carbocycles. The van der Waals surface area contributed by atoms with Crippen molar-refractivity contribution in [1.82, 2.24) is 4.98 Å². The Morgan fingerprint density at radius 1 is 1.03 bits per heavy atom. The van der Waals surface area contributed by atoms with Gasteiger partial charge in [0.15, 0.2) is 5.13 Å². The molecule has 3 aromatic rings. The fraction of sp³-hybridized carbons (Fsp3) is 0.273. The van der Waals surface area contributed by atoms with E-state index in [1.165, 1.54) is 11.3 Å². The molecular formula is C22H26N4O2S2. The molecular weight excluding hydrogens is 416 g/mol. The topological polar surface area (TPSA) is 74.7 Å². The van der Waals surface area contributed by atoms with Crippen molar-refractivity contribution in [2.75, 3.05) is 24.3 Å². The van der Waals surface area contributed by atoms with Gasteiger partial charge in [-0.15, -0.1) is 4.40 Å². The summed E-state index contributed by atoms with van der Waals surface area (Å²) in [6, 6.07) is 18.0. The van der Waals surface area contributed by atoms with Gasteiger partial charge < -0.3 is 10.2 Å². The van der Waals surface area contributed by atoms with Crippen molar-refractivity contribution in [3.05, 3.63) is 70.9 Å². The number of benzene rings is 2. The van der Waals surface area contributed by atoms with E-state index in [1.54, 1.807) is 30.3 Å². The van der Waals surface area contributed by atoms with Gasteiger partial charge in [-0.2, -0.15) is 8.42 Å². The highest BCUT2D eigenvalue weighted by Crippen LogP contribution is 2.24. The van der Waals surface area contributed by atoms with Gasteiger partial charge >= 0.3 is 0 Å². The van der Waals surface area contributed by atoms with Gasteiger partial charge in [-0.25, -0.2) is 4.98 Å². The van der Waals surface area contributed by atoms with Gasteiger partial charge in [0.05, 0.1) is 4.90 Å². The molecule has 0 aliphatic rings. The van der Waals surface area contributed by atoms with Crippen LogP contribution in [0.25, 0.3) is 0 Å². The molecule has 0 aliphatic heterocycles. The molecule has 30 heavy (non-hydrogen) atoms. The molecule has 3 rings (SSSR count). The van der Waals surface area contributed by atoms with Gasteiger partial charge in [0.2, 0.25) is 0 Å². The molecule has 0 amide bonds. The van der Waals surface area contributed by atoms with Crippen LogP contribution in [0.15, 0.2) is 70.0 Å². The maximum atomic E-state index is 13.0. The number of nitrogens with one attached hydrogen (secondary N) is 1. The third-order valence-electron chi connectivity index (χ3n) is 4.40. The zero-order valence-corrected chi connectivity index (χ0v) is 19.0. The second kappa shape index (κ2) is 9.86. The summed E-state index contributed by atoms with van der Waals surface area (Å²) in [5.41, 5.74) is 1.73. The zero-order valence-electron chi connectivity index (χ0n) is 17.4. The second-order valence-electron chi connectivity index (χ2n) is 6.99. The lowest BCUT2D eigenvalue weighted by atomic mass is 10.1. The molecule has 0 fully saturated rings. The van der Waals surface area contributed by atoms with Crippen LogP contribution in [-0.2, 0) is 16.4 Å². The van der Waals surface area contributed by atoms with Crippen molar-refractivity contribution in [1.29, 1.82) is 0 Å². The van der Waals surface area contributed by atoms with E-state index in [2.05, 4.69) is 16.6 Å². The molecule has 0 unspecified atom stereocenters. The molecule has 0 bridgehead atoms. The summed E-state index contributed by atoms with van der Waals surface area (Å²) < 4.78 is 30.6. The van der Waals surface area contributed by atoms with Crippen LogP contribution >= 0.6 is 11.3 Å². The largest absolute Gasteiger partial charge is 0.362 e. The minimum atomic E-state index is -3.83. The average Bonchev–Trinajstić information content (AvgIpc) is 2.74. The van der Waals surface area contributed by atoms with E-state index in [0.29, 0.717) is 16.2 Å². The van der Waals surface area contributed by atoms with Crippen LogP contribution in [0.5, 0.6) is 0 Å². The van der Waals surface area contributed by atoms with Crippen molar-refractivity contribution in [3.8, 4) is 0 Å². The second-order valence-corrected chi connectivity index (χ2v) is 9.58. The first-order valence-corrected chi connectivity index (χ1v) is 12.1. The third kappa shape index (κ3) is 5.46. The Morgan fingerprint density at radius 3 is 2.27 bits per heavy atom. The van der Waals surface area contributed by atoms with E-state index in [9.17, 15) is 8.42 Å². The number of aromatic nitrogens is 1. The third-order valence-corrected chi connectivity index (χ3v) is 6.73. The summed E-state index contributed by atoms with van der Waals surface area (Å²) in [7, 11) is -0.0177. The van der Waals surface area contributed by atoms with Crippen molar-refractivity contribution < 1.29 is 8.42 Å². The van der Waals surface area contributed by atoms with Crippen LogP contribution in [0, 0.1) is 0 Å². The van der Waals surface area contributed by atoms with Crippen molar-refractivity contribution >= 4 is 38.0 Å². The summed E-state index contributed by atoms with van der Waals surface area (Å²) in [4.78, 5) is 6.85. The number of para-hydroxylation sites is 1. The Kier molecular flexibility index (Phi) is 7.23. The lowest BCUT2D eigenvalue weighted by Gasteiger charge is -2.18. The number of anilines is 3. The van der Waals surface area contributed by atoms with E-state index in [0.717, 1.165) is 29.9 Å². The van der Waals surface area contributed by atoms with Gasteiger partial charge in [-0.1, -0.05) is 61.1 Å². The lowest BCUT2D eigenvalue weighted by molar-refractivity contribution is 0.597. The summed E-state index contributed by atoms with van der Waals surface area (Å²) in [6.07, 6.45) is 2.63. The zero-order chi connectivity index (χ0) is 21.6. The van der Waals surface area contributed by atoms with Crippen LogP contribution in [0.4, 0.5) is 16.6 Å². The Balaban J connectivity index is 2.19. The van der Waals surface area contributed by atoms with Crippen LogP contribution in [0.2, 0.25) is 0 Å².